The van der Waals surface area contributed by atoms with Crippen LogP contribution < -0.4 is 15.8 Å². The molecule has 12 heteroatoms. The standard InChI is InChI=1S/C17H11Cl2FN4O4S/c18-13-9-21-24(17(26)15(13)19)10-5-7-11(8-6-10)29(27,28)23-22-16(25)12-3-1-2-4-14(12)20/h1-9,23H,(H,22,25). The van der Waals surface area contributed by atoms with E-state index in [-0.39, 0.29) is 26.2 Å². The summed E-state index contributed by atoms with van der Waals surface area (Å²) >= 11 is 11.5. The molecule has 29 heavy (non-hydrogen) atoms. The van der Waals surface area contributed by atoms with Crippen molar-refractivity contribution in [3.63, 3.8) is 0 Å². The molecule has 0 atom stereocenters. The summed E-state index contributed by atoms with van der Waals surface area (Å²) in [5, 5.41) is 3.59. The third-order valence-corrected chi connectivity index (χ3v) is 5.70. The predicted molar refractivity (Wildman–Crippen MR) is 104 cm³/mol. The van der Waals surface area contributed by atoms with Crippen LogP contribution in [0.4, 0.5) is 4.39 Å². The van der Waals surface area contributed by atoms with Crippen LogP contribution in [0.3, 0.4) is 0 Å². The predicted octanol–water partition coefficient (Wildman–Crippen LogP) is 2.30. The van der Waals surface area contributed by atoms with Gasteiger partial charge < -0.3 is 0 Å². The summed E-state index contributed by atoms with van der Waals surface area (Å²) in [5.41, 5.74) is 1.17. The van der Waals surface area contributed by atoms with Crippen LogP contribution >= 0.6 is 23.2 Å². The van der Waals surface area contributed by atoms with Crippen molar-refractivity contribution >= 4 is 39.1 Å². The van der Waals surface area contributed by atoms with Crippen LogP contribution in [0.25, 0.3) is 5.69 Å². The topological polar surface area (TPSA) is 110 Å². The Hall–Kier alpha value is -2.79. The van der Waals surface area contributed by atoms with Crippen LogP contribution in [0.1, 0.15) is 10.4 Å². The van der Waals surface area contributed by atoms with Crippen molar-refractivity contribution in [2.24, 2.45) is 0 Å². The number of halogens is 3. The molecule has 3 rings (SSSR count). The number of hydrogen-bond acceptors (Lipinski definition) is 5. The molecule has 0 saturated carbocycles. The number of benzene rings is 2. The first-order valence-electron chi connectivity index (χ1n) is 7.81. The molecule has 0 radical (unpaired) electrons. The lowest BCUT2D eigenvalue weighted by atomic mass is 10.2. The average molecular weight is 457 g/mol. The lowest BCUT2D eigenvalue weighted by Crippen LogP contribution is -2.41. The molecule has 2 N–H and O–H groups in total. The zero-order valence-electron chi connectivity index (χ0n) is 14.3. The van der Waals surface area contributed by atoms with Gasteiger partial charge in [-0.25, -0.2) is 12.8 Å². The molecular weight excluding hydrogens is 446 g/mol. The number of nitrogens with zero attached hydrogens (tertiary/aromatic N) is 2. The van der Waals surface area contributed by atoms with Gasteiger partial charge in [-0.1, -0.05) is 35.3 Å². The Labute approximate surface area is 173 Å². The van der Waals surface area contributed by atoms with E-state index in [0.29, 0.717) is 0 Å². The first kappa shape index (κ1) is 20.9. The van der Waals surface area contributed by atoms with E-state index in [4.69, 9.17) is 23.2 Å². The summed E-state index contributed by atoms with van der Waals surface area (Å²) in [4.78, 5) is 25.7. The highest BCUT2D eigenvalue weighted by Gasteiger charge is 2.18. The van der Waals surface area contributed by atoms with Gasteiger partial charge in [-0.3, -0.25) is 15.0 Å². The van der Waals surface area contributed by atoms with Crippen molar-refractivity contribution in [3.05, 3.63) is 86.5 Å². The van der Waals surface area contributed by atoms with Crippen LogP contribution in [0, 0.1) is 5.82 Å². The van der Waals surface area contributed by atoms with E-state index in [1.807, 2.05) is 10.3 Å². The van der Waals surface area contributed by atoms with Gasteiger partial charge in [0, 0.05) is 0 Å². The minimum Gasteiger partial charge on any atom is -0.273 e. The van der Waals surface area contributed by atoms with Crippen molar-refractivity contribution in [1.82, 2.24) is 20.0 Å². The second-order valence-electron chi connectivity index (χ2n) is 5.56. The number of sulfonamides is 1. The van der Waals surface area contributed by atoms with Gasteiger partial charge in [0.25, 0.3) is 21.5 Å². The zero-order chi connectivity index (χ0) is 21.2. The molecular formula is C17H11Cl2FN4O4S. The van der Waals surface area contributed by atoms with Gasteiger partial charge in [0.1, 0.15) is 10.8 Å². The number of hydrazine groups is 1. The van der Waals surface area contributed by atoms with E-state index in [2.05, 4.69) is 5.10 Å². The van der Waals surface area contributed by atoms with Crippen molar-refractivity contribution in [3.8, 4) is 5.69 Å². The number of amides is 1. The summed E-state index contributed by atoms with van der Waals surface area (Å²) in [6, 6.07) is 10.1. The van der Waals surface area contributed by atoms with Gasteiger partial charge in [0.15, 0.2) is 0 Å². The van der Waals surface area contributed by atoms with Crippen LogP contribution in [-0.2, 0) is 10.0 Å². The van der Waals surface area contributed by atoms with E-state index in [9.17, 15) is 22.4 Å². The number of rotatable bonds is 5. The zero-order valence-corrected chi connectivity index (χ0v) is 16.6. The molecule has 1 amide bonds. The minimum atomic E-state index is -4.16. The number of carbonyl (C=O) groups is 1. The maximum absolute atomic E-state index is 13.6. The second-order valence-corrected chi connectivity index (χ2v) is 8.02. The molecule has 1 aromatic heterocycles. The third kappa shape index (κ3) is 4.46. The molecule has 2 aromatic carbocycles. The monoisotopic (exact) mass is 456 g/mol. The molecule has 0 unspecified atom stereocenters. The van der Waals surface area contributed by atoms with Crippen molar-refractivity contribution < 1.29 is 17.6 Å². The fourth-order valence-corrected chi connectivity index (χ4v) is 3.34. The summed E-state index contributed by atoms with van der Waals surface area (Å²) in [5.74, 6) is -1.76. The molecule has 150 valence electrons. The van der Waals surface area contributed by atoms with Gasteiger partial charge in [0.2, 0.25) is 0 Å². The SMILES string of the molecule is O=C(NNS(=O)(=O)c1ccc(-n2ncc(Cl)c(Cl)c2=O)cc1)c1ccccc1F. The number of aromatic nitrogens is 2. The van der Waals surface area contributed by atoms with Crippen molar-refractivity contribution in [2.75, 3.05) is 0 Å². The van der Waals surface area contributed by atoms with Crippen LogP contribution in [0.2, 0.25) is 10.0 Å². The van der Waals surface area contributed by atoms with E-state index < -0.39 is 27.3 Å². The number of carbonyl (C=O) groups excluding carboxylic acids is 1. The smallest absolute Gasteiger partial charge is 0.273 e. The highest BCUT2D eigenvalue weighted by Crippen LogP contribution is 2.17. The molecule has 0 spiro atoms. The summed E-state index contributed by atoms with van der Waals surface area (Å²) in [6.07, 6.45) is 1.18. The van der Waals surface area contributed by atoms with Crippen LogP contribution in [0.15, 0.2) is 64.4 Å². The lowest BCUT2D eigenvalue weighted by Gasteiger charge is -2.10. The third-order valence-electron chi connectivity index (χ3n) is 3.69. The van der Waals surface area contributed by atoms with Gasteiger partial charge in [-0.15, -0.1) is 4.83 Å². The Balaban J connectivity index is 1.78. The van der Waals surface area contributed by atoms with Crippen LogP contribution in [0.5, 0.6) is 0 Å². The Morgan fingerprint density at radius 3 is 2.38 bits per heavy atom. The van der Waals surface area contributed by atoms with Crippen LogP contribution in [-0.4, -0.2) is 24.1 Å². The molecule has 8 nitrogen and oxygen atoms in total. The normalized spacial score (nSPS) is 11.3. The van der Waals surface area contributed by atoms with E-state index in [0.717, 1.165) is 10.7 Å². The minimum absolute atomic E-state index is 0.0121. The van der Waals surface area contributed by atoms with E-state index in [1.165, 1.54) is 48.7 Å². The lowest BCUT2D eigenvalue weighted by molar-refractivity contribution is 0.0941. The maximum Gasteiger partial charge on any atom is 0.291 e. The van der Waals surface area contributed by atoms with Gasteiger partial charge in [-0.2, -0.15) is 9.78 Å². The average Bonchev–Trinajstić information content (AvgIpc) is 2.71. The molecule has 0 saturated heterocycles. The fraction of sp³-hybridized carbons (Fsp3) is 0. The van der Waals surface area contributed by atoms with E-state index in [1.54, 1.807) is 0 Å². The summed E-state index contributed by atoms with van der Waals surface area (Å²) in [7, 11) is -4.16. The van der Waals surface area contributed by atoms with Gasteiger partial charge >= 0.3 is 0 Å². The summed E-state index contributed by atoms with van der Waals surface area (Å²) in [6.45, 7) is 0. The van der Waals surface area contributed by atoms with Crippen molar-refractivity contribution in [2.45, 2.75) is 4.90 Å². The quantitative estimate of drug-likeness (QED) is 0.572. The molecule has 0 aliphatic heterocycles. The maximum atomic E-state index is 13.6. The highest BCUT2D eigenvalue weighted by molar-refractivity contribution is 7.89. The fourth-order valence-electron chi connectivity index (χ4n) is 2.25. The Bertz CT molecular complexity index is 1250. The molecule has 0 fully saturated rings. The van der Waals surface area contributed by atoms with Gasteiger partial charge in [-0.05, 0) is 36.4 Å². The number of hydrogen-bond donors (Lipinski definition) is 2. The highest BCUT2D eigenvalue weighted by atomic mass is 35.5. The van der Waals surface area contributed by atoms with Crippen molar-refractivity contribution in [1.29, 1.82) is 0 Å². The Morgan fingerprint density at radius 2 is 1.72 bits per heavy atom. The molecule has 0 aliphatic carbocycles. The molecule has 1 heterocycles. The Morgan fingerprint density at radius 1 is 1.07 bits per heavy atom. The Kier molecular flexibility index (Phi) is 5.99. The summed E-state index contributed by atoms with van der Waals surface area (Å²) < 4.78 is 39.2. The first-order chi connectivity index (χ1) is 13.7. The molecule has 0 aliphatic rings. The molecule has 3 aromatic rings. The first-order valence-corrected chi connectivity index (χ1v) is 10.0. The van der Waals surface area contributed by atoms with Gasteiger partial charge in [0.05, 0.1) is 27.4 Å². The molecule has 0 bridgehead atoms. The number of nitrogens with one attached hydrogen (secondary N) is 2. The largest absolute Gasteiger partial charge is 0.291 e. The van der Waals surface area contributed by atoms with E-state index >= 15 is 0 Å². The second kappa shape index (κ2) is 8.29.